The molecular weight excluding hydrogens is 232 g/mol. The highest BCUT2D eigenvalue weighted by Crippen LogP contribution is 2.27. The number of carbonyl (C=O) groups is 1. The molecule has 0 spiro atoms. The summed E-state index contributed by atoms with van der Waals surface area (Å²) < 4.78 is 22.8. The van der Waals surface area contributed by atoms with Gasteiger partial charge in [-0.15, -0.1) is 0 Å². The molecule has 0 heterocycles. The molecule has 0 aliphatic carbocycles. The minimum atomic E-state index is -3.55. The number of phenols is 1. The van der Waals surface area contributed by atoms with Crippen LogP contribution in [0.4, 0.5) is 0 Å². The predicted molar refractivity (Wildman–Crippen MR) is 57.2 cm³/mol. The molecule has 0 radical (unpaired) electrons. The van der Waals surface area contributed by atoms with Gasteiger partial charge in [0.15, 0.2) is 9.84 Å². The smallest absolute Gasteiger partial charge is 0.303 e. The van der Waals surface area contributed by atoms with Crippen molar-refractivity contribution in [2.45, 2.75) is 17.7 Å². The number of phenolic OH excluding ortho intramolecular Hbond substituents is 1. The lowest BCUT2D eigenvalue weighted by atomic mass is 10.1. The van der Waals surface area contributed by atoms with Crippen LogP contribution in [0.5, 0.6) is 5.75 Å². The lowest BCUT2D eigenvalue weighted by Gasteiger charge is -2.08. The Morgan fingerprint density at radius 1 is 1.38 bits per heavy atom. The summed E-state index contributed by atoms with van der Waals surface area (Å²) in [4.78, 5) is 10.2. The van der Waals surface area contributed by atoms with Gasteiger partial charge in [-0.05, 0) is 18.1 Å². The largest absolute Gasteiger partial charge is 0.507 e. The van der Waals surface area contributed by atoms with Crippen LogP contribution >= 0.6 is 0 Å². The van der Waals surface area contributed by atoms with E-state index >= 15 is 0 Å². The molecule has 0 unspecified atom stereocenters. The molecule has 0 amide bonds. The molecule has 1 aromatic carbocycles. The number of rotatable bonds is 4. The highest BCUT2D eigenvalue weighted by atomic mass is 32.2. The molecule has 0 atom stereocenters. The fraction of sp³-hybridized carbons (Fsp3) is 0.300. The summed E-state index contributed by atoms with van der Waals surface area (Å²) in [6, 6.07) is 4.25. The zero-order chi connectivity index (χ0) is 12.3. The normalized spacial score (nSPS) is 11.3. The van der Waals surface area contributed by atoms with Crippen LogP contribution in [0.3, 0.4) is 0 Å². The molecular formula is C10H12O5S. The average Bonchev–Trinajstić information content (AvgIpc) is 2.12. The van der Waals surface area contributed by atoms with Crippen LogP contribution in [-0.4, -0.2) is 30.9 Å². The number of benzene rings is 1. The second-order valence-electron chi connectivity index (χ2n) is 3.43. The van der Waals surface area contributed by atoms with Crippen molar-refractivity contribution < 1.29 is 23.4 Å². The van der Waals surface area contributed by atoms with Crippen LogP contribution < -0.4 is 0 Å². The number of carboxylic acids is 1. The van der Waals surface area contributed by atoms with Gasteiger partial charge in [0.25, 0.3) is 0 Å². The van der Waals surface area contributed by atoms with Crippen molar-refractivity contribution in [2.24, 2.45) is 0 Å². The van der Waals surface area contributed by atoms with Crippen molar-refractivity contribution in [3.63, 3.8) is 0 Å². The molecule has 0 fully saturated rings. The fourth-order valence-electron chi connectivity index (χ4n) is 1.44. The zero-order valence-electron chi connectivity index (χ0n) is 8.67. The average molecular weight is 244 g/mol. The van der Waals surface area contributed by atoms with E-state index in [-0.39, 0.29) is 23.5 Å². The summed E-state index contributed by atoms with van der Waals surface area (Å²) in [6.45, 7) is 0. The Hall–Kier alpha value is -1.56. The van der Waals surface area contributed by atoms with E-state index in [4.69, 9.17) is 5.11 Å². The van der Waals surface area contributed by atoms with E-state index in [0.29, 0.717) is 5.56 Å². The SMILES string of the molecule is CS(=O)(=O)c1c(O)cccc1CCC(=O)O. The number of aromatic hydroxyl groups is 1. The van der Waals surface area contributed by atoms with Gasteiger partial charge in [-0.1, -0.05) is 12.1 Å². The quantitative estimate of drug-likeness (QED) is 0.817. The van der Waals surface area contributed by atoms with Crippen LogP contribution in [0.15, 0.2) is 23.1 Å². The molecule has 0 bridgehead atoms. The van der Waals surface area contributed by atoms with Gasteiger partial charge in [-0.25, -0.2) is 8.42 Å². The highest BCUT2D eigenvalue weighted by Gasteiger charge is 2.18. The molecule has 1 aromatic rings. The Morgan fingerprint density at radius 3 is 2.50 bits per heavy atom. The molecule has 88 valence electrons. The number of sulfone groups is 1. The summed E-state index contributed by atoms with van der Waals surface area (Å²) in [5, 5.41) is 18.0. The van der Waals surface area contributed by atoms with E-state index in [1.54, 1.807) is 0 Å². The number of aliphatic carboxylic acids is 1. The monoisotopic (exact) mass is 244 g/mol. The minimum Gasteiger partial charge on any atom is -0.507 e. The molecule has 6 heteroatoms. The molecule has 0 aliphatic rings. The van der Waals surface area contributed by atoms with Crippen LogP contribution in [0, 0.1) is 0 Å². The minimum absolute atomic E-state index is 0.0755. The van der Waals surface area contributed by atoms with E-state index in [1.165, 1.54) is 18.2 Å². The Kier molecular flexibility index (Phi) is 3.54. The fourth-order valence-corrected chi connectivity index (χ4v) is 2.53. The van der Waals surface area contributed by atoms with E-state index in [9.17, 15) is 18.3 Å². The first kappa shape index (κ1) is 12.5. The van der Waals surface area contributed by atoms with Gasteiger partial charge >= 0.3 is 5.97 Å². The molecule has 0 aromatic heterocycles. The lowest BCUT2D eigenvalue weighted by Crippen LogP contribution is -2.05. The summed E-state index contributed by atoms with van der Waals surface area (Å²) in [5.74, 6) is -1.35. The lowest BCUT2D eigenvalue weighted by molar-refractivity contribution is -0.136. The third-order valence-corrected chi connectivity index (χ3v) is 3.27. The summed E-state index contributed by atoms with van der Waals surface area (Å²) in [6.07, 6.45) is 0.879. The predicted octanol–water partition coefficient (Wildman–Crippen LogP) is 0.813. The maximum atomic E-state index is 11.4. The maximum Gasteiger partial charge on any atom is 0.303 e. The van der Waals surface area contributed by atoms with Crippen LogP contribution in [0.2, 0.25) is 0 Å². The number of hydrogen-bond acceptors (Lipinski definition) is 4. The van der Waals surface area contributed by atoms with Gasteiger partial charge in [0, 0.05) is 12.7 Å². The van der Waals surface area contributed by atoms with Crippen LogP contribution in [0.1, 0.15) is 12.0 Å². The van der Waals surface area contributed by atoms with Crippen molar-refractivity contribution in [1.82, 2.24) is 0 Å². The standard InChI is InChI=1S/C10H12O5S/c1-16(14,15)10-7(5-6-9(12)13)3-2-4-8(10)11/h2-4,11H,5-6H2,1H3,(H,12,13). The van der Waals surface area contributed by atoms with Crippen LogP contribution in [0.25, 0.3) is 0 Å². The molecule has 2 N–H and O–H groups in total. The maximum absolute atomic E-state index is 11.4. The molecule has 16 heavy (non-hydrogen) atoms. The van der Waals surface area contributed by atoms with E-state index in [0.717, 1.165) is 6.26 Å². The van der Waals surface area contributed by atoms with Gasteiger partial charge in [0.2, 0.25) is 0 Å². The van der Waals surface area contributed by atoms with E-state index < -0.39 is 15.8 Å². The first-order valence-corrected chi connectivity index (χ1v) is 6.44. The van der Waals surface area contributed by atoms with Gasteiger partial charge in [-0.2, -0.15) is 0 Å². The van der Waals surface area contributed by atoms with Gasteiger partial charge in [-0.3, -0.25) is 4.79 Å². The summed E-state index contributed by atoms with van der Waals surface area (Å²) in [7, 11) is -3.55. The van der Waals surface area contributed by atoms with Crippen molar-refractivity contribution in [2.75, 3.05) is 6.26 Å². The van der Waals surface area contributed by atoms with Gasteiger partial charge in [0.1, 0.15) is 10.6 Å². The summed E-state index contributed by atoms with van der Waals surface area (Å²) in [5.41, 5.74) is 0.324. The topological polar surface area (TPSA) is 91.7 Å². The zero-order valence-corrected chi connectivity index (χ0v) is 9.49. The Labute approximate surface area is 93.3 Å². The van der Waals surface area contributed by atoms with Crippen molar-refractivity contribution >= 4 is 15.8 Å². The van der Waals surface area contributed by atoms with Crippen molar-refractivity contribution in [3.8, 4) is 5.75 Å². The van der Waals surface area contributed by atoms with Gasteiger partial charge < -0.3 is 10.2 Å². The number of hydrogen-bond donors (Lipinski definition) is 2. The van der Waals surface area contributed by atoms with Gasteiger partial charge in [0.05, 0.1) is 0 Å². The Morgan fingerprint density at radius 2 is 2.00 bits per heavy atom. The molecule has 0 saturated carbocycles. The summed E-state index contributed by atoms with van der Waals surface area (Å²) >= 11 is 0. The molecule has 0 saturated heterocycles. The number of aryl methyl sites for hydroxylation is 1. The third-order valence-electron chi connectivity index (χ3n) is 2.05. The Bertz CT molecular complexity index is 504. The molecule has 0 aliphatic heterocycles. The third kappa shape index (κ3) is 2.96. The van der Waals surface area contributed by atoms with Crippen LogP contribution in [-0.2, 0) is 21.1 Å². The van der Waals surface area contributed by atoms with E-state index in [1.807, 2.05) is 0 Å². The second kappa shape index (κ2) is 4.52. The number of carboxylic acid groups (broad SMARTS) is 1. The van der Waals surface area contributed by atoms with E-state index in [2.05, 4.69) is 0 Å². The molecule has 5 nitrogen and oxygen atoms in total. The van der Waals surface area contributed by atoms with Crippen molar-refractivity contribution in [1.29, 1.82) is 0 Å². The first-order chi connectivity index (χ1) is 7.32. The Balaban J connectivity index is 3.19. The highest BCUT2D eigenvalue weighted by molar-refractivity contribution is 7.90. The van der Waals surface area contributed by atoms with Crippen molar-refractivity contribution in [3.05, 3.63) is 23.8 Å². The first-order valence-electron chi connectivity index (χ1n) is 4.55. The molecule has 1 rings (SSSR count). The second-order valence-corrected chi connectivity index (χ2v) is 5.38.